The molecule has 0 aromatic heterocycles. The topological polar surface area (TPSA) is 32.3 Å². The Balaban J connectivity index is 1.55. The quantitative estimate of drug-likeness (QED) is 0.855. The minimum absolute atomic E-state index is 0.379. The van der Waals surface area contributed by atoms with Gasteiger partial charge >= 0.3 is 0 Å². The van der Waals surface area contributed by atoms with Crippen LogP contribution in [0.5, 0.6) is 0 Å². The van der Waals surface area contributed by atoms with Gasteiger partial charge in [0.1, 0.15) is 0 Å². The van der Waals surface area contributed by atoms with Crippen molar-refractivity contribution in [1.29, 1.82) is 0 Å². The average Bonchev–Trinajstić information content (AvgIpc) is 2.56. The summed E-state index contributed by atoms with van der Waals surface area (Å²) in [7, 11) is 0. The zero-order valence-electron chi connectivity index (χ0n) is 13.5. The third kappa shape index (κ3) is 3.68. The summed E-state index contributed by atoms with van der Waals surface area (Å²) in [6.45, 7) is 3.24. The Morgan fingerprint density at radius 1 is 1.09 bits per heavy atom. The molecule has 3 atom stereocenters. The van der Waals surface area contributed by atoms with Crippen molar-refractivity contribution in [3.05, 3.63) is 48.0 Å². The van der Waals surface area contributed by atoms with Gasteiger partial charge in [0, 0.05) is 6.04 Å². The molecular formula is C20H27NO. The third-order valence-corrected chi connectivity index (χ3v) is 5.09. The van der Waals surface area contributed by atoms with Gasteiger partial charge in [0.15, 0.2) is 0 Å². The summed E-state index contributed by atoms with van der Waals surface area (Å²) in [6.07, 6.45) is 5.74. The van der Waals surface area contributed by atoms with Gasteiger partial charge in [0.05, 0.1) is 6.10 Å². The number of fused-ring (bicyclic) bond motifs is 1. The maximum atomic E-state index is 10.4. The molecule has 118 valence electrons. The molecule has 0 heterocycles. The molecule has 1 aliphatic rings. The second kappa shape index (κ2) is 7.26. The van der Waals surface area contributed by atoms with Crippen LogP contribution in [0, 0.1) is 5.92 Å². The second-order valence-corrected chi connectivity index (χ2v) is 6.73. The molecule has 0 bridgehead atoms. The Hall–Kier alpha value is -1.38. The van der Waals surface area contributed by atoms with E-state index >= 15 is 0 Å². The first-order valence-corrected chi connectivity index (χ1v) is 8.64. The Bertz CT molecular complexity index is 609. The van der Waals surface area contributed by atoms with E-state index in [0.29, 0.717) is 6.04 Å². The van der Waals surface area contributed by atoms with Crippen molar-refractivity contribution in [3.8, 4) is 0 Å². The zero-order valence-corrected chi connectivity index (χ0v) is 13.5. The minimum Gasteiger partial charge on any atom is -0.388 e. The number of aliphatic hydroxyl groups excluding tert-OH is 1. The summed E-state index contributed by atoms with van der Waals surface area (Å²) < 4.78 is 0. The van der Waals surface area contributed by atoms with Crippen molar-refractivity contribution < 1.29 is 5.11 Å². The minimum atomic E-state index is -0.379. The van der Waals surface area contributed by atoms with Gasteiger partial charge in [-0.1, -0.05) is 56.2 Å². The van der Waals surface area contributed by atoms with Crippen LogP contribution in [0.15, 0.2) is 42.5 Å². The summed E-state index contributed by atoms with van der Waals surface area (Å²) in [4.78, 5) is 0. The van der Waals surface area contributed by atoms with Crippen LogP contribution in [-0.4, -0.2) is 17.7 Å². The highest BCUT2D eigenvalue weighted by Gasteiger charge is 2.20. The summed E-state index contributed by atoms with van der Waals surface area (Å²) in [5.41, 5.74) is 1.03. The number of hydrogen-bond acceptors (Lipinski definition) is 2. The van der Waals surface area contributed by atoms with E-state index in [-0.39, 0.29) is 6.10 Å². The van der Waals surface area contributed by atoms with E-state index in [1.165, 1.54) is 36.5 Å². The van der Waals surface area contributed by atoms with E-state index in [9.17, 15) is 5.11 Å². The van der Waals surface area contributed by atoms with Crippen LogP contribution in [0.2, 0.25) is 0 Å². The molecule has 2 N–H and O–H groups in total. The highest BCUT2D eigenvalue weighted by molar-refractivity contribution is 5.83. The molecule has 2 nitrogen and oxygen atoms in total. The predicted molar refractivity (Wildman–Crippen MR) is 92.9 cm³/mol. The molecule has 0 amide bonds. The Morgan fingerprint density at radius 2 is 1.86 bits per heavy atom. The lowest BCUT2D eigenvalue weighted by atomic mass is 9.86. The monoisotopic (exact) mass is 297 g/mol. The molecule has 1 aliphatic carbocycles. The van der Waals surface area contributed by atoms with E-state index in [4.69, 9.17) is 0 Å². The third-order valence-electron chi connectivity index (χ3n) is 5.09. The molecule has 0 aliphatic heterocycles. The number of rotatable bonds is 5. The lowest BCUT2D eigenvalue weighted by Crippen LogP contribution is -2.38. The first-order chi connectivity index (χ1) is 10.7. The molecule has 22 heavy (non-hydrogen) atoms. The van der Waals surface area contributed by atoms with Crippen LogP contribution >= 0.6 is 0 Å². The molecule has 3 rings (SSSR count). The Labute approximate surface area is 133 Å². The van der Waals surface area contributed by atoms with Gasteiger partial charge in [0.25, 0.3) is 0 Å². The van der Waals surface area contributed by atoms with Crippen LogP contribution in [0.3, 0.4) is 0 Å². The molecule has 0 radical (unpaired) electrons. The van der Waals surface area contributed by atoms with Gasteiger partial charge in [0.2, 0.25) is 0 Å². The van der Waals surface area contributed by atoms with Gasteiger partial charge in [-0.05, 0) is 54.1 Å². The van der Waals surface area contributed by atoms with Crippen molar-refractivity contribution in [3.63, 3.8) is 0 Å². The molecular weight excluding hydrogens is 270 g/mol. The zero-order chi connectivity index (χ0) is 15.4. The van der Waals surface area contributed by atoms with Crippen molar-refractivity contribution >= 4 is 10.8 Å². The molecule has 1 fully saturated rings. The average molecular weight is 297 g/mol. The first-order valence-electron chi connectivity index (χ1n) is 8.64. The van der Waals surface area contributed by atoms with Crippen molar-refractivity contribution in [2.24, 2.45) is 5.92 Å². The summed E-state index contributed by atoms with van der Waals surface area (Å²) in [6, 6.07) is 15.2. The predicted octanol–water partition coefficient (Wildman–Crippen LogP) is 4.43. The smallest absolute Gasteiger partial charge is 0.0802 e. The molecule has 3 unspecified atom stereocenters. The van der Waals surface area contributed by atoms with Gasteiger partial charge in [-0.15, -0.1) is 0 Å². The van der Waals surface area contributed by atoms with Gasteiger partial charge in [-0.2, -0.15) is 0 Å². The fraction of sp³-hybridized carbons (Fsp3) is 0.500. The van der Waals surface area contributed by atoms with Crippen LogP contribution in [0.25, 0.3) is 10.8 Å². The fourth-order valence-corrected chi connectivity index (χ4v) is 3.61. The maximum absolute atomic E-state index is 10.4. The molecule has 0 saturated heterocycles. The number of hydrogen-bond donors (Lipinski definition) is 2. The van der Waals surface area contributed by atoms with E-state index in [2.05, 4.69) is 42.6 Å². The summed E-state index contributed by atoms with van der Waals surface area (Å²) >= 11 is 0. The molecule has 1 saturated carbocycles. The molecule has 2 heteroatoms. The van der Waals surface area contributed by atoms with Crippen LogP contribution < -0.4 is 5.32 Å². The molecule has 2 aromatic carbocycles. The van der Waals surface area contributed by atoms with Gasteiger partial charge in [-0.25, -0.2) is 0 Å². The standard InChI is InChI=1S/C20H27NO/c1-15-6-2-5-9-19(15)21-13-12-20(22)18-11-10-16-7-3-4-8-17(16)14-18/h3-4,7-8,10-11,14-15,19-22H,2,5-6,9,12-13H2,1H3. The first kappa shape index (κ1) is 15.5. The van der Waals surface area contributed by atoms with Crippen molar-refractivity contribution in [2.45, 2.75) is 51.2 Å². The largest absolute Gasteiger partial charge is 0.388 e. The van der Waals surface area contributed by atoms with Crippen molar-refractivity contribution in [2.75, 3.05) is 6.54 Å². The molecule has 2 aromatic rings. The van der Waals surface area contributed by atoms with E-state index in [0.717, 1.165) is 24.4 Å². The van der Waals surface area contributed by atoms with Gasteiger partial charge < -0.3 is 10.4 Å². The maximum Gasteiger partial charge on any atom is 0.0802 e. The summed E-state index contributed by atoms with van der Waals surface area (Å²) in [5.74, 6) is 0.770. The lowest BCUT2D eigenvalue weighted by Gasteiger charge is -2.30. The second-order valence-electron chi connectivity index (χ2n) is 6.73. The van der Waals surface area contributed by atoms with E-state index in [1.807, 2.05) is 12.1 Å². The SMILES string of the molecule is CC1CCCCC1NCCC(O)c1ccc2ccccc2c1. The van der Waals surface area contributed by atoms with E-state index in [1.54, 1.807) is 0 Å². The van der Waals surface area contributed by atoms with Crippen molar-refractivity contribution in [1.82, 2.24) is 5.32 Å². The number of nitrogens with one attached hydrogen (secondary N) is 1. The number of aliphatic hydroxyl groups is 1. The van der Waals surface area contributed by atoms with Crippen LogP contribution in [0.4, 0.5) is 0 Å². The van der Waals surface area contributed by atoms with Crippen LogP contribution in [0.1, 0.15) is 50.7 Å². The number of benzene rings is 2. The highest BCUT2D eigenvalue weighted by atomic mass is 16.3. The highest BCUT2D eigenvalue weighted by Crippen LogP contribution is 2.25. The van der Waals surface area contributed by atoms with Crippen LogP contribution in [-0.2, 0) is 0 Å². The lowest BCUT2D eigenvalue weighted by molar-refractivity contribution is 0.161. The fourth-order valence-electron chi connectivity index (χ4n) is 3.61. The normalized spacial score (nSPS) is 23.5. The summed E-state index contributed by atoms with van der Waals surface area (Å²) in [5, 5.41) is 16.5. The Kier molecular flexibility index (Phi) is 5.12. The van der Waals surface area contributed by atoms with E-state index < -0.39 is 0 Å². The molecule has 0 spiro atoms. The van der Waals surface area contributed by atoms with Gasteiger partial charge in [-0.3, -0.25) is 0 Å². The Morgan fingerprint density at radius 3 is 2.68 bits per heavy atom.